The number of halogens is 1. The molecule has 0 fully saturated rings. The fraction of sp³-hybridized carbons (Fsp3) is 0.259. The highest BCUT2D eigenvalue weighted by molar-refractivity contribution is 9.10. The van der Waals surface area contributed by atoms with Crippen LogP contribution in [0.1, 0.15) is 44.9 Å². The Hall–Kier alpha value is -3.50. The lowest BCUT2D eigenvalue weighted by atomic mass is 9.95. The number of benzene rings is 2. The normalized spacial score (nSPS) is 15.2. The zero-order valence-corrected chi connectivity index (χ0v) is 23.1. The maximum atomic E-state index is 13.7. The number of nitrogens with zero attached hydrogens (tertiary/aromatic N) is 2. The van der Waals surface area contributed by atoms with E-state index in [4.69, 9.17) is 14.2 Å². The van der Waals surface area contributed by atoms with Gasteiger partial charge in [0.2, 0.25) is 0 Å². The van der Waals surface area contributed by atoms with Crippen LogP contribution in [0.2, 0.25) is 0 Å². The van der Waals surface area contributed by atoms with Crippen molar-refractivity contribution in [3.8, 4) is 11.5 Å². The lowest BCUT2D eigenvalue weighted by Gasteiger charge is -2.25. The highest BCUT2D eigenvalue weighted by atomic mass is 79.9. The Labute approximate surface area is 225 Å². The summed E-state index contributed by atoms with van der Waals surface area (Å²) in [5, 5.41) is 0. The van der Waals surface area contributed by atoms with Crippen LogP contribution in [0.4, 0.5) is 0 Å². The van der Waals surface area contributed by atoms with Crippen molar-refractivity contribution in [1.82, 2.24) is 4.57 Å². The molecule has 0 saturated carbocycles. The number of ether oxygens (including phenoxy) is 3. The van der Waals surface area contributed by atoms with Crippen LogP contribution in [0.3, 0.4) is 0 Å². The minimum Gasteiger partial charge on any atom is -0.490 e. The van der Waals surface area contributed by atoms with Gasteiger partial charge < -0.3 is 14.2 Å². The van der Waals surface area contributed by atoms with Gasteiger partial charge in [0.05, 0.1) is 35.1 Å². The Morgan fingerprint density at radius 2 is 1.92 bits per heavy atom. The van der Waals surface area contributed by atoms with Gasteiger partial charge in [0, 0.05) is 11.4 Å². The fourth-order valence-electron chi connectivity index (χ4n) is 4.06. The summed E-state index contributed by atoms with van der Waals surface area (Å²) >= 11 is 4.70. The number of aromatic nitrogens is 1. The van der Waals surface area contributed by atoms with Crippen molar-refractivity contribution >= 4 is 45.3 Å². The Bertz CT molecular complexity index is 1590. The first-order valence-corrected chi connectivity index (χ1v) is 13.2. The number of hydrogen-bond donors (Lipinski definition) is 0. The molecule has 8 nitrogen and oxygen atoms in total. The number of carbonyl (C=O) groups excluding carboxylic acids is 2. The predicted octanol–water partition coefficient (Wildman–Crippen LogP) is 3.88. The summed E-state index contributed by atoms with van der Waals surface area (Å²) in [4.78, 5) is 43.5. The van der Waals surface area contributed by atoms with Crippen molar-refractivity contribution in [2.24, 2.45) is 4.99 Å². The van der Waals surface area contributed by atoms with Crippen LogP contribution in [0.25, 0.3) is 6.08 Å². The maximum Gasteiger partial charge on any atom is 0.338 e. The summed E-state index contributed by atoms with van der Waals surface area (Å²) in [6.45, 7) is 7.05. The lowest BCUT2D eigenvalue weighted by Crippen LogP contribution is -2.40. The number of fused-ring (bicyclic) bond motifs is 1. The number of rotatable bonds is 7. The molecule has 192 valence electrons. The van der Waals surface area contributed by atoms with Gasteiger partial charge in [0.25, 0.3) is 5.56 Å². The van der Waals surface area contributed by atoms with Crippen molar-refractivity contribution < 1.29 is 23.8 Å². The molecule has 0 bridgehead atoms. The molecule has 0 unspecified atom stereocenters. The standard InChI is InChI=1S/C27H25BrN2O6S/c1-5-34-21-14-18(10-11-20(21)36-16(4)31)24-23(26(33)35-6-2)15(3)29-27-30(24)25(32)22(37-27)13-17-8-7-9-19(28)12-17/h7-14,24H,5-6H2,1-4H3/b22-13+/t24-/m0/s1. The van der Waals surface area contributed by atoms with Crippen LogP contribution in [-0.2, 0) is 14.3 Å². The molecular formula is C27H25BrN2O6S. The lowest BCUT2D eigenvalue weighted by molar-refractivity contribution is -0.139. The van der Waals surface area contributed by atoms with E-state index in [0.29, 0.717) is 33.0 Å². The van der Waals surface area contributed by atoms with Gasteiger partial charge in [-0.2, -0.15) is 0 Å². The Morgan fingerprint density at radius 3 is 2.59 bits per heavy atom. The van der Waals surface area contributed by atoms with Crippen LogP contribution in [0, 0.1) is 0 Å². The molecule has 0 saturated heterocycles. The summed E-state index contributed by atoms with van der Waals surface area (Å²) in [6.07, 6.45) is 1.80. The third-order valence-electron chi connectivity index (χ3n) is 5.50. The molecule has 2 aromatic carbocycles. The number of thiazole rings is 1. The van der Waals surface area contributed by atoms with Gasteiger partial charge in [-0.1, -0.05) is 45.5 Å². The largest absolute Gasteiger partial charge is 0.490 e. The molecule has 1 aliphatic rings. The summed E-state index contributed by atoms with van der Waals surface area (Å²) in [5.74, 6) is -0.475. The minimum atomic E-state index is -0.814. The van der Waals surface area contributed by atoms with Crippen molar-refractivity contribution in [1.29, 1.82) is 0 Å². The Morgan fingerprint density at radius 1 is 1.14 bits per heavy atom. The van der Waals surface area contributed by atoms with Gasteiger partial charge >= 0.3 is 11.9 Å². The second-order valence-electron chi connectivity index (χ2n) is 8.09. The zero-order valence-electron chi connectivity index (χ0n) is 20.7. The predicted molar refractivity (Wildman–Crippen MR) is 143 cm³/mol. The minimum absolute atomic E-state index is 0.172. The molecule has 0 amide bonds. The smallest absolute Gasteiger partial charge is 0.338 e. The number of allylic oxidation sites excluding steroid dienone is 1. The molecular weight excluding hydrogens is 560 g/mol. The third kappa shape index (κ3) is 5.60. The average Bonchev–Trinajstić information content (AvgIpc) is 3.13. The molecule has 0 aliphatic carbocycles. The van der Waals surface area contributed by atoms with Gasteiger partial charge in [-0.15, -0.1) is 0 Å². The van der Waals surface area contributed by atoms with Crippen LogP contribution in [0.15, 0.2) is 68.0 Å². The molecule has 37 heavy (non-hydrogen) atoms. The van der Waals surface area contributed by atoms with Crippen molar-refractivity contribution in [2.45, 2.75) is 33.7 Å². The molecule has 1 aromatic heterocycles. The second kappa shape index (κ2) is 11.3. The molecule has 10 heteroatoms. The van der Waals surface area contributed by atoms with Crippen LogP contribution < -0.4 is 24.4 Å². The van der Waals surface area contributed by atoms with Gasteiger partial charge in [-0.25, -0.2) is 9.79 Å². The van der Waals surface area contributed by atoms with Crippen LogP contribution in [0.5, 0.6) is 11.5 Å². The van der Waals surface area contributed by atoms with Crippen LogP contribution >= 0.6 is 27.3 Å². The van der Waals surface area contributed by atoms with Gasteiger partial charge in [0.15, 0.2) is 16.3 Å². The van der Waals surface area contributed by atoms with Crippen molar-refractivity contribution in [3.05, 3.63) is 89.0 Å². The third-order valence-corrected chi connectivity index (χ3v) is 6.98. The van der Waals surface area contributed by atoms with E-state index in [1.807, 2.05) is 31.2 Å². The first-order valence-electron chi connectivity index (χ1n) is 11.6. The Balaban J connectivity index is 1.95. The SMILES string of the molecule is CCOC(=O)C1=C(C)N=c2s/c(=C/c3cccc(Br)c3)c(=O)n2[C@H]1c1ccc(OC(C)=O)c(OCC)c1. The number of hydrogen-bond acceptors (Lipinski definition) is 8. The molecule has 4 rings (SSSR count). The number of carbonyl (C=O) groups is 2. The van der Waals surface area contributed by atoms with E-state index in [1.54, 1.807) is 38.1 Å². The fourth-order valence-corrected chi connectivity index (χ4v) is 5.52. The molecule has 0 radical (unpaired) electrons. The highest BCUT2D eigenvalue weighted by Gasteiger charge is 2.34. The van der Waals surface area contributed by atoms with Crippen LogP contribution in [-0.4, -0.2) is 29.7 Å². The molecule has 2 heterocycles. The van der Waals surface area contributed by atoms with E-state index in [-0.39, 0.29) is 23.5 Å². The monoisotopic (exact) mass is 584 g/mol. The van der Waals surface area contributed by atoms with Crippen molar-refractivity contribution in [2.75, 3.05) is 13.2 Å². The molecule has 0 spiro atoms. The van der Waals surface area contributed by atoms with E-state index in [2.05, 4.69) is 20.9 Å². The summed E-state index contributed by atoms with van der Waals surface area (Å²) < 4.78 is 19.2. The van der Waals surface area contributed by atoms with E-state index in [9.17, 15) is 14.4 Å². The topological polar surface area (TPSA) is 96.2 Å². The van der Waals surface area contributed by atoms with Gasteiger partial charge in [0.1, 0.15) is 0 Å². The van der Waals surface area contributed by atoms with E-state index in [1.165, 1.54) is 22.8 Å². The first-order chi connectivity index (χ1) is 17.7. The molecule has 3 aromatic rings. The van der Waals surface area contributed by atoms with E-state index >= 15 is 0 Å². The summed E-state index contributed by atoms with van der Waals surface area (Å²) in [5.41, 5.74) is 1.87. The van der Waals surface area contributed by atoms with Gasteiger partial charge in [-0.3, -0.25) is 14.2 Å². The zero-order chi connectivity index (χ0) is 26.7. The maximum absolute atomic E-state index is 13.7. The van der Waals surface area contributed by atoms with E-state index in [0.717, 1.165) is 10.0 Å². The van der Waals surface area contributed by atoms with Crippen molar-refractivity contribution in [3.63, 3.8) is 0 Å². The summed E-state index contributed by atoms with van der Waals surface area (Å²) in [7, 11) is 0. The molecule has 1 aliphatic heterocycles. The van der Waals surface area contributed by atoms with Gasteiger partial charge in [-0.05, 0) is 62.2 Å². The second-order valence-corrected chi connectivity index (χ2v) is 10.0. The quantitative estimate of drug-likeness (QED) is 0.309. The highest BCUT2D eigenvalue weighted by Crippen LogP contribution is 2.36. The average molecular weight is 585 g/mol. The molecule has 0 N–H and O–H groups in total. The summed E-state index contributed by atoms with van der Waals surface area (Å²) in [6, 6.07) is 11.8. The Kier molecular flexibility index (Phi) is 8.09. The molecule has 1 atom stereocenters. The first kappa shape index (κ1) is 26.6. The van der Waals surface area contributed by atoms with E-state index < -0.39 is 18.0 Å². The number of esters is 2.